The van der Waals surface area contributed by atoms with Crippen LogP contribution in [0.1, 0.15) is 39.0 Å². The molecule has 0 spiro atoms. The van der Waals surface area contributed by atoms with Gasteiger partial charge in [-0.3, -0.25) is 0 Å². The Balaban J connectivity index is 3.47. The third-order valence-corrected chi connectivity index (χ3v) is 2.88. The van der Waals surface area contributed by atoms with Gasteiger partial charge in [0.25, 0.3) is 0 Å². The van der Waals surface area contributed by atoms with Gasteiger partial charge in [0.15, 0.2) is 0 Å². The molecule has 0 bridgehead atoms. The van der Waals surface area contributed by atoms with Crippen molar-refractivity contribution in [2.45, 2.75) is 45.1 Å². The van der Waals surface area contributed by atoms with E-state index < -0.39 is 15.9 Å². The van der Waals surface area contributed by atoms with Gasteiger partial charge in [-0.25, -0.2) is 8.42 Å². The van der Waals surface area contributed by atoms with Crippen molar-refractivity contribution >= 4 is 9.84 Å². The number of rotatable bonds is 7. The number of hydrogen-bond donors (Lipinski definition) is 1. The normalized spacial score (nSPS) is 14.4. The Labute approximate surface area is 81.1 Å². The van der Waals surface area contributed by atoms with Gasteiger partial charge in [0.2, 0.25) is 0 Å². The highest BCUT2D eigenvalue weighted by atomic mass is 32.2. The standard InChI is InChI=1S/C9H20O3S/c1-3-4-5-6-7-9(10)8-13(2,11)12/h9-10H,3-8H2,1-2H3/t9-/m0/s1. The summed E-state index contributed by atoms with van der Waals surface area (Å²) in [4.78, 5) is 0. The Morgan fingerprint density at radius 1 is 1.23 bits per heavy atom. The Morgan fingerprint density at radius 3 is 2.31 bits per heavy atom. The second-order valence-electron chi connectivity index (χ2n) is 3.60. The molecule has 0 aromatic rings. The molecule has 0 saturated carbocycles. The number of hydrogen-bond acceptors (Lipinski definition) is 3. The molecule has 0 radical (unpaired) electrons. The van der Waals surface area contributed by atoms with E-state index in [0.717, 1.165) is 31.9 Å². The fourth-order valence-electron chi connectivity index (χ4n) is 1.24. The first kappa shape index (κ1) is 12.9. The average Bonchev–Trinajstić information content (AvgIpc) is 1.94. The van der Waals surface area contributed by atoms with Crippen LogP contribution < -0.4 is 0 Å². The third-order valence-electron chi connectivity index (χ3n) is 1.89. The first-order chi connectivity index (χ1) is 5.95. The largest absolute Gasteiger partial charge is 0.392 e. The third kappa shape index (κ3) is 9.83. The minimum Gasteiger partial charge on any atom is -0.392 e. The second-order valence-corrected chi connectivity index (χ2v) is 5.78. The van der Waals surface area contributed by atoms with Gasteiger partial charge in [0.05, 0.1) is 11.9 Å². The van der Waals surface area contributed by atoms with Crippen molar-refractivity contribution in [3.8, 4) is 0 Å². The molecule has 13 heavy (non-hydrogen) atoms. The fourth-order valence-corrected chi connectivity index (χ4v) is 2.11. The van der Waals surface area contributed by atoms with Crippen LogP contribution in [0.3, 0.4) is 0 Å². The average molecular weight is 208 g/mol. The SMILES string of the molecule is CCCCCC[C@H](O)CS(C)(=O)=O. The minimum atomic E-state index is -3.02. The molecular formula is C9H20O3S. The van der Waals surface area contributed by atoms with E-state index in [2.05, 4.69) is 6.92 Å². The van der Waals surface area contributed by atoms with Crippen molar-refractivity contribution in [2.24, 2.45) is 0 Å². The fraction of sp³-hybridized carbons (Fsp3) is 1.00. The molecule has 0 unspecified atom stereocenters. The van der Waals surface area contributed by atoms with E-state index >= 15 is 0 Å². The van der Waals surface area contributed by atoms with E-state index in [9.17, 15) is 13.5 Å². The monoisotopic (exact) mass is 208 g/mol. The summed E-state index contributed by atoms with van der Waals surface area (Å²) >= 11 is 0. The lowest BCUT2D eigenvalue weighted by Gasteiger charge is -2.08. The van der Waals surface area contributed by atoms with Crippen molar-refractivity contribution in [3.05, 3.63) is 0 Å². The first-order valence-corrected chi connectivity index (χ1v) is 6.87. The number of aliphatic hydroxyl groups excluding tert-OH is 1. The van der Waals surface area contributed by atoms with Crippen LogP contribution >= 0.6 is 0 Å². The molecule has 80 valence electrons. The molecule has 4 heteroatoms. The summed E-state index contributed by atoms with van der Waals surface area (Å²) in [5.74, 6) is -0.0981. The minimum absolute atomic E-state index is 0.0981. The van der Waals surface area contributed by atoms with Crippen molar-refractivity contribution in [2.75, 3.05) is 12.0 Å². The predicted octanol–water partition coefficient (Wildman–Crippen LogP) is 1.36. The van der Waals surface area contributed by atoms with E-state index in [1.165, 1.54) is 0 Å². The maximum atomic E-state index is 10.8. The highest BCUT2D eigenvalue weighted by Gasteiger charge is 2.11. The first-order valence-electron chi connectivity index (χ1n) is 4.81. The molecule has 0 heterocycles. The summed E-state index contributed by atoms with van der Waals surface area (Å²) < 4.78 is 21.5. The van der Waals surface area contributed by atoms with Gasteiger partial charge in [0.1, 0.15) is 9.84 Å². The zero-order valence-corrected chi connectivity index (χ0v) is 9.31. The Bertz CT molecular complexity index is 209. The maximum Gasteiger partial charge on any atom is 0.149 e. The number of aliphatic hydroxyl groups is 1. The molecule has 0 fully saturated rings. The zero-order chi connectivity index (χ0) is 10.3. The smallest absolute Gasteiger partial charge is 0.149 e. The van der Waals surface area contributed by atoms with Crippen LogP contribution in [0.4, 0.5) is 0 Å². The molecule has 0 aromatic carbocycles. The van der Waals surface area contributed by atoms with Gasteiger partial charge in [-0.05, 0) is 6.42 Å². The lowest BCUT2D eigenvalue weighted by atomic mass is 10.1. The Morgan fingerprint density at radius 2 is 1.85 bits per heavy atom. The summed E-state index contributed by atoms with van der Waals surface area (Å²) in [5, 5.41) is 9.30. The molecular weight excluding hydrogens is 188 g/mol. The van der Waals surface area contributed by atoms with Gasteiger partial charge in [0, 0.05) is 6.26 Å². The van der Waals surface area contributed by atoms with Crippen LogP contribution in [0.5, 0.6) is 0 Å². The summed E-state index contributed by atoms with van der Waals surface area (Å²) in [6, 6.07) is 0. The highest BCUT2D eigenvalue weighted by molar-refractivity contribution is 7.90. The number of unbranched alkanes of at least 4 members (excludes halogenated alkanes) is 3. The predicted molar refractivity (Wildman–Crippen MR) is 54.5 cm³/mol. The lowest BCUT2D eigenvalue weighted by molar-refractivity contribution is 0.183. The molecule has 1 atom stereocenters. The van der Waals surface area contributed by atoms with E-state index in [0.29, 0.717) is 6.42 Å². The maximum absolute atomic E-state index is 10.8. The molecule has 0 aromatic heterocycles. The van der Waals surface area contributed by atoms with Crippen molar-refractivity contribution in [1.82, 2.24) is 0 Å². The van der Waals surface area contributed by atoms with E-state index in [-0.39, 0.29) is 5.75 Å². The summed E-state index contributed by atoms with van der Waals surface area (Å²) in [6.07, 6.45) is 5.40. The van der Waals surface area contributed by atoms with Gasteiger partial charge >= 0.3 is 0 Å². The van der Waals surface area contributed by atoms with Gasteiger partial charge in [-0.1, -0.05) is 32.6 Å². The van der Waals surface area contributed by atoms with Gasteiger partial charge in [-0.15, -0.1) is 0 Å². The molecule has 0 aliphatic carbocycles. The van der Waals surface area contributed by atoms with Crippen LogP contribution in [-0.2, 0) is 9.84 Å². The topological polar surface area (TPSA) is 54.4 Å². The van der Waals surface area contributed by atoms with E-state index in [1.807, 2.05) is 0 Å². The molecule has 1 N–H and O–H groups in total. The van der Waals surface area contributed by atoms with Crippen LogP contribution in [0, 0.1) is 0 Å². The van der Waals surface area contributed by atoms with Crippen molar-refractivity contribution in [1.29, 1.82) is 0 Å². The van der Waals surface area contributed by atoms with Crippen LogP contribution in [-0.4, -0.2) is 31.6 Å². The van der Waals surface area contributed by atoms with Crippen LogP contribution in [0.15, 0.2) is 0 Å². The highest BCUT2D eigenvalue weighted by Crippen LogP contribution is 2.06. The van der Waals surface area contributed by atoms with Crippen molar-refractivity contribution < 1.29 is 13.5 Å². The quantitative estimate of drug-likeness (QED) is 0.643. The molecule has 3 nitrogen and oxygen atoms in total. The van der Waals surface area contributed by atoms with Crippen LogP contribution in [0.2, 0.25) is 0 Å². The van der Waals surface area contributed by atoms with Crippen LogP contribution in [0.25, 0.3) is 0 Å². The van der Waals surface area contributed by atoms with Gasteiger partial charge in [-0.2, -0.15) is 0 Å². The summed E-state index contributed by atoms with van der Waals surface area (Å²) in [6.45, 7) is 2.12. The molecule has 0 amide bonds. The Hall–Kier alpha value is -0.0900. The summed E-state index contributed by atoms with van der Waals surface area (Å²) in [5.41, 5.74) is 0. The van der Waals surface area contributed by atoms with E-state index in [4.69, 9.17) is 0 Å². The molecule has 0 saturated heterocycles. The molecule has 0 rings (SSSR count). The number of sulfone groups is 1. The Kier molecular flexibility index (Phi) is 6.33. The van der Waals surface area contributed by atoms with E-state index in [1.54, 1.807) is 0 Å². The molecule has 0 aliphatic heterocycles. The zero-order valence-electron chi connectivity index (χ0n) is 8.49. The summed E-state index contributed by atoms with van der Waals surface area (Å²) in [7, 11) is -3.02. The van der Waals surface area contributed by atoms with Gasteiger partial charge < -0.3 is 5.11 Å². The second kappa shape index (κ2) is 6.38. The lowest BCUT2D eigenvalue weighted by Crippen LogP contribution is -2.19. The van der Waals surface area contributed by atoms with Crippen molar-refractivity contribution in [3.63, 3.8) is 0 Å². The molecule has 0 aliphatic rings.